The molecule has 0 saturated carbocycles. The number of carboxylic acids is 2. The van der Waals surface area contributed by atoms with Gasteiger partial charge in [-0.3, -0.25) is 36.9 Å². The predicted octanol–water partition coefficient (Wildman–Crippen LogP) is -20.9. The minimum Gasteiger partial charge on any atom is -0.756 e. The number of aromatic nitrogens is 8. The van der Waals surface area contributed by atoms with E-state index in [1.54, 1.807) is 0 Å². The van der Waals surface area contributed by atoms with Crippen molar-refractivity contribution in [1.82, 2.24) is 39.0 Å². The molecule has 0 aliphatic carbocycles. The Morgan fingerprint density at radius 3 is 1.27 bits per heavy atom. The normalized spacial score (nSPS) is 30.1. The molecule has 0 spiro atoms. The van der Waals surface area contributed by atoms with Gasteiger partial charge >= 0.3 is 146 Å². The number of phosphoric acid groups is 4. The molecule has 4 aromatic rings. The number of imidazole rings is 2. The van der Waals surface area contributed by atoms with Crippen molar-refractivity contribution in [2.24, 2.45) is 0 Å². The maximum Gasteiger partial charge on any atom is 1.00 e. The van der Waals surface area contributed by atoms with Crippen LogP contribution in [0.1, 0.15) is 51.0 Å². The number of phosphoric ester groups is 4. The van der Waals surface area contributed by atoms with Gasteiger partial charge in [-0.2, -0.15) is 0 Å². The third kappa shape index (κ3) is 22.8. The van der Waals surface area contributed by atoms with Crippen LogP contribution in [0.15, 0.2) is 25.3 Å². The largest absolute Gasteiger partial charge is 1.00 e. The van der Waals surface area contributed by atoms with Crippen LogP contribution in [0.3, 0.4) is 0 Å². The summed E-state index contributed by atoms with van der Waals surface area (Å²) in [7, 11) is -22.3. The number of anilines is 2. The number of ether oxygens (including phenoxy) is 6. The van der Waals surface area contributed by atoms with E-state index in [0.717, 1.165) is 12.7 Å². The summed E-state index contributed by atoms with van der Waals surface area (Å²) in [4.78, 5) is 112. The molecule has 92 heavy (non-hydrogen) atoms. The number of carbonyl (C=O) groups is 4. The van der Waals surface area contributed by atoms with Crippen molar-refractivity contribution in [3.63, 3.8) is 0 Å². The summed E-state index contributed by atoms with van der Waals surface area (Å²) in [6, 6.07) is 0. The van der Waals surface area contributed by atoms with Crippen molar-refractivity contribution in [1.29, 1.82) is 0 Å². The quantitative estimate of drug-likeness (QED) is 0.0143. The van der Waals surface area contributed by atoms with Crippen molar-refractivity contribution < 1.29 is 281 Å². The van der Waals surface area contributed by atoms with Gasteiger partial charge in [0.05, 0.1) is 39.1 Å². The number of fused-ring (bicyclic) bond motifs is 2. The summed E-state index contributed by atoms with van der Waals surface area (Å²) in [5, 5.41) is 102. The summed E-state index contributed by atoms with van der Waals surface area (Å²) in [6.45, 7) is -4.09. The predicted molar refractivity (Wildman–Crippen MR) is 263 cm³/mol. The second-order valence-corrected chi connectivity index (χ2v) is 24.9. The Hall–Kier alpha value is -1.38. The Bertz CT molecular complexity index is 3340. The van der Waals surface area contributed by atoms with Gasteiger partial charge in [-0.05, 0) is 25.7 Å². The van der Waals surface area contributed by atoms with Crippen LogP contribution in [0.4, 0.5) is 11.6 Å². The van der Waals surface area contributed by atoms with Gasteiger partial charge in [0.25, 0.3) is 15.6 Å². The molecule has 8 rings (SSSR count). The van der Waals surface area contributed by atoms with Crippen molar-refractivity contribution in [2.45, 2.75) is 137 Å². The maximum atomic E-state index is 12.3. The van der Waals surface area contributed by atoms with Crippen molar-refractivity contribution in [2.75, 3.05) is 37.9 Å². The second-order valence-electron chi connectivity index (χ2n) is 18.9. The van der Waals surface area contributed by atoms with E-state index in [0.29, 0.717) is 0 Å². The van der Waals surface area contributed by atoms with E-state index in [2.05, 4.69) is 56.6 Å². The van der Waals surface area contributed by atoms with Gasteiger partial charge < -0.3 is 129 Å². The summed E-state index contributed by atoms with van der Waals surface area (Å²) in [5.74, 6) is -4.78. The molecule has 492 valence electrons. The molecule has 0 bridgehead atoms. The fraction of sp³-hybridized carbons (Fsp3) is 0.650. The zero-order valence-electron chi connectivity index (χ0n) is 48.4. The molecule has 6 unspecified atom stereocenters. The van der Waals surface area contributed by atoms with Gasteiger partial charge in [0.2, 0.25) is 0 Å². The number of aliphatic hydroxyl groups is 8. The first-order chi connectivity index (χ1) is 41.2. The zero-order valence-corrected chi connectivity index (χ0v) is 60.0. The Morgan fingerprint density at radius 1 is 0.489 bits per heavy atom. The molecular formula is C40H54N10Na4O34P4. The van der Waals surface area contributed by atoms with Crippen LogP contribution < -0.4 is 150 Å². The van der Waals surface area contributed by atoms with E-state index in [-0.39, 0.29) is 165 Å². The molecule has 4 aliphatic heterocycles. The van der Waals surface area contributed by atoms with E-state index >= 15 is 0 Å². The monoisotopic (exact) mass is 1430 g/mol. The SMILES string of the molecule is Nc1ncnc2c1ncn2[C@@H]1O[C@H](COP(=O)(O)OP(=O)([O-])OC[C@H]2OC(O)[C@H](O)[C@@H]2OC(=O)CCCC(=O)[O-])[C@@H](O)[C@H]1O.Nc1ncnc2c1ncn2[C@@H]1O[C@H](COP(=O)([O-])OP(=O)(O)OC[C@H]2OC(O)[C@H](OC(=O)CCCC(=O)[O-])[C@@H]2O)[C@@H](O)[C@H]1O.[Na+].[Na+].[Na+].[Na+]. The zero-order chi connectivity index (χ0) is 64.8. The first-order valence-electron chi connectivity index (χ1n) is 25.2. The van der Waals surface area contributed by atoms with Gasteiger partial charge in [-0.1, -0.05) is 0 Å². The number of hydrogen-bond donors (Lipinski definition) is 12. The minimum atomic E-state index is -5.70. The minimum absolute atomic E-state index is 0. The fourth-order valence-corrected chi connectivity index (χ4v) is 12.6. The number of hydrogen-bond acceptors (Lipinski definition) is 40. The van der Waals surface area contributed by atoms with Gasteiger partial charge in [0, 0.05) is 24.8 Å². The van der Waals surface area contributed by atoms with Crippen LogP contribution in [-0.4, -0.2) is 226 Å². The van der Waals surface area contributed by atoms with Crippen molar-refractivity contribution in [3.05, 3.63) is 25.3 Å². The molecule has 14 N–H and O–H groups in total. The Labute approximate surface area is 604 Å². The molecule has 52 heteroatoms. The second kappa shape index (κ2) is 36.6. The van der Waals surface area contributed by atoms with E-state index in [1.807, 2.05) is 0 Å². The van der Waals surface area contributed by atoms with Crippen LogP contribution in [-0.2, 0) is 92.6 Å². The number of nitrogens with two attached hydrogens (primary N) is 2. The van der Waals surface area contributed by atoms with Crippen LogP contribution in [0.5, 0.6) is 0 Å². The van der Waals surface area contributed by atoms with Gasteiger partial charge in [-0.15, -0.1) is 0 Å². The summed E-state index contributed by atoms with van der Waals surface area (Å²) in [5.41, 5.74) is 12.0. The number of aliphatic hydroxyl groups excluding tert-OH is 8. The molecule has 4 fully saturated rings. The van der Waals surface area contributed by atoms with Crippen LogP contribution in [0.2, 0.25) is 0 Å². The molecule has 0 aromatic carbocycles. The van der Waals surface area contributed by atoms with Gasteiger partial charge in [-0.25, -0.2) is 47.7 Å². The molecule has 4 aliphatic rings. The summed E-state index contributed by atoms with van der Waals surface area (Å²) >= 11 is 0. The first-order valence-corrected chi connectivity index (χ1v) is 31.1. The molecule has 0 radical (unpaired) electrons. The van der Waals surface area contributed by atoms with Gasteiger partial charge in [0.1, 0.15) is 84.7 Å². The number of nitrogen functional groups attached to an aromatic ring is 2. The fourth-order valence-electron chi connectivity index (χ4n) is 8.48. The van der Waals surface area contributed by atoms with Crippen LogP contribution in [0.25, 0.3) is 22.3 Å². The summed E-state index contributed by atoms with van der Waals surface area (Å²) in [6.07, 6.45) is -23.8. The number of carboxylic acid groups (broad SMARTS) is 2. The third-order valence-corrected chi connectivity index (χ3v) is 17.8. The molecule has 0 amide bonds. The molecular weight excluding hydrogens is 1380 g/mol. The van der Waals surface area contributed by atoms with E-state index in [1.165, 1.54) is 21.8 Å². The average Bonchev–Trinajstić information content (AvgIpc) is 1.67. The van der Waals surface area contributed by atoms with E-state index in [9.17, 15) is 108 Å². The number of aliphatic carboxylic acids is 2. The van der Waals surface area contributed by atoms with E-state index in [4.69, 9.17) is 39.9 Å². The maximum absolute atomic E-state index is 12.3. The topological polar surface area (TPSA) is 681 Å². The number of nitrogens with zero attached hydrogens (tertiary/aromatic N) is 8. The summed E-state index contributed by atoms with van der Waals surface area (Å²) < 4.78 is 108. The molecule has 4 aromatic heterocycles. The molecule has 20 atom stereocenters. The number of carbonyl (C=O) groups excluding carboxylic acids is 4. The van der Waals surface area contributed by atoms with E-state index < -0.39 is 206 Å². The molecule has 44 nitrogen and oxygen atoms in total. The van der Waals surface area contributed by atoms with Crippen LogP contribution >= 0.6 is 31.3 Å². The first kappa shape index (κ1) is 84.8. The third-order valence-electron chi connectivity index (χ3n) is 12.7. The number of esters is 2. The molecule has 4 saturated heterocycles. The van der Waals surface area contributed by atoms with Crippen molar-refractivity contribution >= 4 is 89.1 Å². The standard InChI is InChI=1S/2C20H29N5O17P2.4Na/c21-17-12-18(23-6-22-17)25(7-24-12)19-14(30)13(29)8(39-19)4-37-43(33,34)42-44(35,36)38-5-9-16(15(31)20(32)40-9)41-11(28)3-1-2-10(26)27;21-17-12-18(23-6-22-17)25(7-24-12)19-15(31)13(29)8(39-19)4-37-43(33,34)42-44(35,36)38-5-9-14(30)16(20(32)40-9)41-11(28)3-1-2-10(26)27;;;;/h2*6-9,13-16,19-20,29-32H,1-5H2,(H,26,27)(H,33,34)(H,35,36)(H2,21,22,23);;;;/q;;4*+1/p-4/t2*8-,9-,13-,14-,15-,16-,19-,20?;;;;/m11..../s1. The van der Waals surface area contributed by atoms with Crippen molar-refractivity contribution in [3.8, 4) is 0 Å². The van der Waals surface area contributed by atoms with Crippen LogP contribution in [0, 0.1) is 0 Å². The Morgan fingerprint density at radius 2 is 0.859 bits per heavy atom. The molecule has 8 heterocycles. The Kier molecular flexibility index (Phi) is 33.8. The Balaban J connectivity index is 0.000000460. The number of rotatable bonds is 28. The average molecular weight is 1430 g/mol. The van der Waals surface area contributed by atoms with Gasteiger partial charge in [0.15, 0.2) is 60.2 Å². The smallest absolute Gasteiger partial charge is 0.756 e.